The fourth-order valence-corrected chi connectivity index (χ4v) is 3.13. The molecule has 2 atom stereocenters. The zero-order chi connectivity index (χ0) is 18.2. The summed E-state index contributed by atoms with van der Waals surface area (Å²) in [5, 5.41) is 2.59. The second-order valence-electron chi connectivity index (χ2n) is 6.08. The van der Waals surface area contributed by atoms with Crippen LogP contribution in [0.1, 0.15) is 30.3 Å². The number of carbonyl (C=O) groups is 2. The normalized spacial score (nSPS) is 21.4. The Bertz CT molecular complexity index is 769. The Morgan fingerprint density at radius 3 is 2.68 bits per heavy atom. The molecule has 0 radical (unpaired) electrons. The number of hydrogen-bond acceptors (Lipinski definition) is 3. The number of amides is 2. The lowest BCUT2D eigenvalue weighted by molar-refractivity contribution is -0.184. The van der Waals surface area contributed by atoms with Crippen molar-refractivity contribution in [2.75, 3.05) is 6.54 Å². The number of carbonyl (C=O) groups excluding carboxylic acids is 2. The minimum absolute atomic E-state index is 0.0519. The summed E-state index contributed by atoms with van der Waals surface area (Å²) >= 11 is 0. The van der Waals surface area contributed by atoms with E-state index in [1.807, 2.05) is 0 Å². The van der Waals surface area contributed by atoms with Crippen LogP contribution in [0.25, 0.3) is 5.65 Å². The van der Waals surface area contributed by atoms with Gasteiger partial charge in [-0.1, -0.05) is 6.07 Å². The van der Waals surface area contributed by atoms with Gasteiger partial charge >= 0.3 is 6.18 Å². The van der Waals surface area contributed by atoms with Crippen molar-refractivity contribution in [1.82, 2.24) is 19.6 Å². The number of piperidine rings is 1. The molecule has 25 heavy (non-hydrogen) atoms. The summed E-state index contributed by atoms with van der Waals surface area (Å²) < 4.78 is 41.6. The van der Waals surface area contributed by atoms with Crippen LogP contribution < -0.4 is 5.32 Å². The molecule has 2 amide bonds. The van der Waals surface area contributed by atoms with Gasteiger partial charge in [-0.05, 0) is 25.0 Å². The fraction of sp³-hybridized carbons (Fsp3) is 0.438. The van der Waals surface area contributed by atoms with E-state index in [4.69, 9.17) is 0 Å². The molecular weight excluding hydrogens is 337 g/mol. The molecule has 1 aliphatic heterocycles. The molecule has 134 valence electrons. The number of nitrogens with zero attached hydrogens (tertiary/aromatic N) is 3. The van der Waals surface area contributed by atoms with Crippen molar-refractivity contribution < 1.29 is 22.8 Å². The molecule has 2 aromatic rings. The second kappa shape index (κ2) is 6.38. The number of pyridine rings is 1. The molecule has 0 spiro atoms. The third-order valence-electron chi connectivity index (χ3n) is 4.21. The molecule has 0 saturated carbocycles. The van der Waals surface area contributed by atoms with Gasteiger partial charge in [0.05, 0.1) is 0 Å². The molecule has 0 bridgehead atoms. The van der Waals surface area contributed by atoms with Crippen LogP contribution in [0.3, 0.4) is 0 Å². The Kier molecular flexibility index (Phi) is 4.40. The number of alkyl halides is 3. The van der Waals surface area contributed by atoms with Crippen molar-refractivity contribution in [3.8, 4) is 0 Å². The van der Waals surface area contributed by atoms with Gasteiger partial charge in [-0.15, -0.1) is 0 Å². The fourth-order valence-electron chi connectivity index (χ4n) is 3.13. The third kappa shape index (κ3) is 3.59. The van der Waals surface area contributed by atoms with Crippen LogP contribution in [0.5, 0.6) is 0 Å². The zero-order valence-electron chi connectivity index (χ0n) is 13.5. The second-order valence-corrected chi connectivity index (χ2v) is 6.08. The van der Waals surface area contributed by atoms with E-state index >= 15 is 0 Å². The topological polar surface area (TPSA) is 66.7 Å². The lowest BCUT2D eigenvalue weighted by Crippen LogP contribution is -2.58. The predicted octanol–water partition coefficient (Wildman–Crippen LogP) is 2.01. The van der Waals surface area contributed by atoms with Crippen molar-refractivity contribution in [3.63, 3.8) is 0 Å². The summed E-state index contributed by atoms with van der Waals surface area (Å²) in [7, 11) is 0. The molecule has 2 aromatic heterocycles. The first-order chi connectivity index (χ1) is 11.8. The van der Waals surface area contributed by atoms with Gasteiger partial charge in [-0.3, -0.25) is 9.59 Å². The maximum Gasteiger partial charge on any atom is 0.408 e. The number of rotatable bonds is 2. The maximum absolute atomic E-state index is 13.4. The van der Waals surface area contributed by atoms with Gasteiger partial charge in [-0.2, -0.15) is 13.2 Å². The highest BCUT2D eigenvalue weighted by Crippen LogP contribution is 2.33. The van der Waals surface area contributed by atoms with Gasteiger partial charge in [-0.25, -0.2) is 4.98 Å². The molecule has 0 aromatic carbocycles. The number of nitrogens with one attached hydrogen (secondary N) is 1. The number of likely N-dealkylation sites (tertiary alicyclic amines) is 1. The molecule has 0 unspecified atom stereocenters. The highest BCUT2D eigenvalue weighted by molar-refractivity contribution is 5.93. The van der Waals surface area contributed by atoms with Gasteiger partial charge in [0.25, 0.3) is 5.91 Å². The molecular formula is C16H17F3N4O2. The zero-order valence-corrected chi connectivity index (χ0v) is 13.5. The molecule has 9 heteroatoms. The number of hydrogen-bond donors (Lipinski definition) is 1. The summed E-state index contributed by atoms with van der Waals surface area (Å²) in [4.78, 5) is 28.8. The van der Waals surface area contributed by atoms with E-state index < -0.39 is 24.2 Å². The molecule has 1 fully saturated rings. The van der Waals surface area contributed by atoms with E-state index in [2.05, 4.69) is 10.3 Å². The van der Waals surface area contributed by atoms with Crippen molar-refractivity contribution in [1.29, 1.82) is 0 Å². The lowest BCUT2D eigenvalue weighted by atomic mass is 9.97. The molecule has 6 nitrogen and oxygen atoms in total. The Morgan fingerprint density at radius 2 is 2.04 bits per heavy atom. The van der Waals surface area contributed by atoms with Crippen molar-refractivity contribution in [2.24, 2.45) is 0 Å². The van der Waals surface area contributed by atoms with E-state index in [-0.39, 0.29) is 31.0 Å². The Morgan fingerprint density at radius 1 is 1.28 bits per heavy atom. The summed E-state index contributed by atoms with van der Waals surface area (Å²) in [6, 6.07) is 2.73. The summed E-state index contributed by atoms with van der Waals surface area (Å²) in [6.45, 7) is 1.10. The average Bonchev–Trinajstić information content (AvgIpc) is 2.96. The maximum atomic E-state index is 13.4. The van der Waals surface area contributed by atoms with Crippen LogP contribution in [-0.4, -0.2) is 50.9 Å². The monoisotopic (exact) mass is 354 g/mol. The summed E-state index contributed by atoms with van der Waals surface area (Å²) in [5.41, 5.74) is 0.425. The molecule has 3 rings (SSSR count). The third-order valence-corrected chi connectivity index (χ3v) is 4.21. The lowest BCUT2D eigenvalue weighted by Gasteiger charge is -2.40. The first-order valence-electron chi connectivity index (χ1n) is 7.84. The SMILES string of the molecule is CC(=O)N[C@@H]1CC[C@@H](C(F)(F)F)N(C(=O)c2cn3ccccc3n2)C1. The van der Waals surface area contributed by atoms with Crippen LogP contribution in [0.2, 0.25) is 0 Å². The smallest absolute Gasteiger partial charge is 0.352 e. The molecule has 1 aliphatic rings. The van der Waals surface area contributed by atoms with E-state index in [1.165, 1.54) is 13.1 Å². The minimum atomic E-state index is -4.53. The number of aromatic nitrogens is 2. The Balaban J connectivity index is 1.90. The molecule has 1 saturated heterocycles. The highest BCUT2D eigenvalue weighted by atomic mass is 19.4. The Labute approximate surface area is 141 Å². The molecule has 0 aliphatic carbocycles. The van der Waals surface area contributed by atoms with E-state index in [9.17, 15) is 22.8 Å². The molecule has 3 heterocycles. The van der Waals surface area contributed by atoms with Crippen LogP contribution >= 0.6 is 0 Å². The van der Waals surface area contributed by atoms with Crippen LogP contribution in [0.4, 0.5) is 13.2 Å². The van der Waals surface area contributed by atoms with Gasteiger partial charge in [0.2, 0.25) is 5.91 Å². The molecule has 1 N–H and O–H groups in total. The average molecular weight is 354 g/mol. The highest BCUT2D eigenvalue weighted by Gasteiger charge is 2.48. The number of fused-ring (bicyclic) bond motifs is 1. The van der Waals surface area contributed by atoms with E-state index in [0.717, 1.165) is 4.90 Å². The first-order valence-corrected chi connectivity index (χ1v) is 7.84. The Hall–Kier alpha value is -2.58. The minimum Gasteiger partial charge on any atom is -0.352 e. The number of halogens is 3. The van der Waals surface area contributed by atoms with Crippen molar-refractivity contribution in [3.05, 3.63) is 36.3 Å². The van der Waals surface area contributed by atoms with Crippen LogP contribution in [0, 0.1) is 0 Å². The standard InChI is InChI=1S/C16H17F3N4O2/c1-10(24)20-11-5-6-13(16(17,18)19)23(8-11)15(25)12-9-22-7-3-2-4-14(22)21-12/h2-4,7,9,11,13H,5-6,8H2,1H3,(H,20,24)/t11-,13+/m1/s1. The predicted molar refractivity (Wildman–Crippen MR) is 82.9 cm³/mol. The van der Waals surface area contributed by atoms with Crippen LogP contribution in [-0.2, 0) is 4.79 Å². The van der Waals surface area contributed by atoms with Gasteiger partial charge < -0.3 is 14.6 Å². The van der Waals surface area contributed by atoms with Gasteiger partial charge in [0.1, 0.15) is 17.4 Å². The summed E-state index contributed by atoms with van der Waals surface area (Å²) in [6.07, 6.45) is -1.55. The number of imidazole rings is 1. The van der Waals surface area contributed by atoms with Gasteiger partial charge in [0.15, 0.2) is 0 Å². The first kappa shape index (κ1) is 17.2. The van der Waals surface area contributed by atoms with Crippen LogP contribution in [0.15, 0.2) is 30.6 Å². The summed E-state index contributed by atoms with van der Waals surface area (Å²) in [5.74, 6) is -1.13. The van der Waals surface area contributed by atoms with E-state index in [0.29, 0.717) is 5.65 Å². The quantitative estimate of drug-likeness (QED) is 0.897. The van der Waals surface area contributed by atoms with Crippen molar-refractivity contribution >= 4 is 17.5 Å². The van der Waals surface area contributed by atoms with E-state index in [1.54, 1.807) is 28.8 Å². The van der Waals surface area contributed by atoms with Crippen molar-refractivity contribution in [2.45, 2.75) is 38.0 Å². The van der Waals surface area contributed by atoms with Gasteiger partial charge in [0, 0.05) is 31.9 Å². The largest absolute Gasteiger partial charge is 0.408 e.